The number of nitrogens with one attached hydrogen (secondary N) is 1. The third kappa shape index (κ3) is 6.43. The van der Waals surface area contributed by atoms with Crippen molar-refractivity contribution in [1.29, 1.82) is 0 Å². The molecule has 0 bridgehead atoms. The average molecular weight is 319 g/mol. The topological polar surface area (TPSA) is 66.4 Å². The van der Waals surface area contributed by atoms with E-state index in [1.807, 2.05) is 13.8 Å². The summed E-state index contributed by atoms with van der Waals surface area (Å²) in [4.78, 5) is 23.1. The molecule has 1 rings (SSSR count). The van der Waals surface area contributed by atoms with Crippen LogP contribution < -0.4 is 5.32 Å². The molecule has 0 aliphatic rings. The first-order chi connectivity index (χ1) is 10.8. The van der Waals surface area contributed by atoms with Crippen molar-refractivity contribution in [2.75, 3.05) is 0 Å². The molecule has 23 heavy (non-hydrogen) atoms. The zero-order valence-electron chi connectivity index (χ0n) is 14.6. The van der Waals surface area contributed by atoms with Crippen LogP contribution in [0.3, 0.4) is 0 Å². The quantitative estimate of drug-likeness (QED) is 0.728. The average Bonchev–Trinajstić information content (AvgIpc) is 2.52. The van der Waals surface area contributed by atoms with Crippen LogP contribution in [0.4, 0.5) is 0 Å². The SMILES string of the molecule is CCC(C)C(NC(=O)CCCc1ccc(C(C)C)cc1)C(=O)O. The van der Waals surface area contributed by atoms with Gasteiger partial charge in [0.1, 0.15) is 6.04 Å². The van der Waals surface area contributed by atoms with Gasteiger partial charge in [-0.1, -0.05) is 58.4 Å². The maximum Gasteiger partial charge on any atom is 0.326 e. The molecule has 0 saturated heterocycles. The lowest BCUT2D eigenvalue weighted by Crippen LogP contribution is -2.44. The Bertz CT molecular complexity index is 508. The van der Waals surface area contributed by atoms with Crippen LogP contribution in [0.15, 0.2) is 24.3 Å². The fourth-order valence-corrected chi connectivity index (χ4v) is 2.45. The van der Waals surface area contributed by atoms with Gasteiger partial charge in [-0.05, 0) is 35.8 Å². The monoisotopic (exact) mass is 319 g/mol. The molecule has 4 heteroatoms. The lowest BCUT2D eigenvalue weighted by Gasteiger charge is -2.20. The number of carboxylic acids is 1. The lowest BCUT2D eigenvalue weighted by molar-refractivity contribution is -0.143. The van der Waals surface area contributed by atoms with Gasteiger partial charge in [0.05, 0.1) is 0 Å². The Morgan fingerprint density at radius 2 is 1.74 bits per heavy atom. The van der Waals surface area contributed by atoms with Gasteiger partial charge in [-0.25, -0.2) is 4.79 Å². The molecule has 1 aromatic rings. The first kappa shape index (κ1) is 19.2. The van der Waals surface area contributed by atoms with Crippen LogP contribution in [0, 0.1) is 5.92 Å². The number of carboxylic acid groups (broad SMARTS) is 1. The first-order valence-electron chi connectivity index (χ1n) is 8.46. The predicted octanol–water partition coefficient (Wildman–Crippen LogP) is 3.75. The Morgan fingerprint density at radius 3 is 2.22 bits per heavy atom. The van der Waals surface area contributed by atoms with E-state index < -0.39 is 12.0 Å². The molecule has 2 unspecified atom stereocenters. The van der Waals surface area contributed by atoms with Gasteiger partial charge in [0, 0.05) is 6.42 Å². The molecule has 4 nitrogen and oxygen atoms in total. The highest BCUT2D eigenvalue weighted by Crippen LogP contribution is 2.16. The number of hydrogen-bond acceptors (Lipinski definition) is 2. The van der Waals surface area contributed by atoms with E-state index in [-0.39, 0.29) is 11.8 Å². The molecule has 1 aromatic carbocycles. The molecule has 1 amide bonds. The van der Waals surface area contributed by atoms with E-state index in [9.17, 15) is 14.7 Å². The Hall–Kier alpha value is -1.84. The standard InChI is InChI=1S/C19H29NO3/c1-5-14(4)18(19(22)23)20-17(21)8-6-7-15-9-11-16(12-10-15)13(2)3/h9-14,18H,5-8H2,1-4H3,(H,20,21)(H,22,23). The normalized spacial score (nSPS) is 13.6. The number of carbonyl (C=O) groups is 2. The summed E-state index contributed by atoms with van der Waals surface area (Å²) < 4.78 is 0. The second-order valence-corrected chi connectivity index (χ2v) is 6.52. The van der Waals surface area contributed by atoms with E-state index in [1.54, 1.807) is 0 Å². The highest BCUT2D eigenvalue weighted by Gasteiger charge is 2.24. The van der Waals surface area contributed by atoms with Gasteiger partial charge in [0.2, 0.25) is 5.91 Å². The number of benzene rings is 1. The van der Waals surface area contributed by atoms with Crippen molar-refractivity contribution in [2.24, 2.45) is 5.92 Å². The van der Waals surface area contributed by atoms with Crippen molar-refractivity contribution in [1.82, 2.24) is 5.32 Å². The summed E-state index contributed by atoms with van der Waals surface area (Å²) in [6.07, 6.45) is 2.62. The molecule has 0 aromatic heterocycles. The Kier molecular flexibility index (Phi) is 7.79. The molecule has 2 N–H and O–H groups in total. The van der Waals surface area contributed by atoms with Crippen molar-refractivity contribution in [3.05, 3.63) is 35.4 Å². The molecule has 0 radical (unpaired) electrons. The Balaban J connectivity index is 2.42. The molecule has 0 saturated carbocycles. The van der Waals surface area contributed by atoms with E-state index in [0.29, 0.717) is 12.3 Å². The van der Waals surface area contributed by atoms with Gasteiger partial charge in [0.25, 0.3) is 0 Å². The number of rotatable bonds is 9. The molecule has 0 fully saturated rings. The van der Waals surface area contributed by atoms with E-state index >= 15 is 0 Å². The Labute approximate surface area is 139 Å². The molecule has 0 aliphatic heterocycles. The second-order valence-electron chi connectivity index (χ2n) is 6.52. The van der Waals surface area contributed by atoms with E-state index in [2.05, 4.69) is 43.4 Å². The lowest BCUT2D eigenvalue weighted by atomic mass is 9.98. The van der Waals surface area contributed by atoms with E-state index in [0.717, 1.165) is 19.3 Å². The summed E-state index contributed by atoms with van der Waals surface area (Å²) in [6, 6.07) is 7.67. The third-order valence-corrected chi connectivity index (χ3v) is 4.31. The highest BCUT2D eigenvalue weighted by molar-refractivity contribution is 5.83. The summed E-state index contributed by atoms with van der Waals surface area (Å²) in [5, 5.41) is 11.8. The van der Waals surface area contributed by atoms with Crippen molar-refractivity contribution >= 4 is 11.9 Å². The maximum atomic E-state index is 11.9. The molecule has 0 heterocycles. The van der Waals surface area contributed by atoms with Crippen LogP contribution in [-0.2, 0) is 16.0 Å². The second kappa shape index (κ2) is 9.33. The number of aliphatic carboxylic acids is 1. The zero-order valence-corrected chi connectivity index (χ0v) is 14.6. The summed E-state index contributed by atoms with van der Waals surface area (Å²) in [5.74, 6) is -0.697. The van der Waals surface area contributed by atoms with Crippen LogP contribution in [0.2, 0.25) is 0 Å². The van der Waals surface area contributed by atoms with Gasteiger partial charge in [-0.3, -0.25) is 4.79 Å². The van der Waals surface area contributed by atoms with Gasteiger partial charge in [-0.15, -0.1) is 0 Å². The largest absolute Gasteiger partial charge is 0.480 e. The predicted molar refractivity (Wildman–Crippen MR) is 92.5 cm³/mol. The van der Waals surface area contributed by atoms with Crippen molar-refractivity contribution < 1.29 is 14.7 Å². The molecule has 128 valence electrons. The molecular formula is C19H29NO3. The van der Waals surface area contributed by atoms with Gasteiger partial charge in [0.15, 0.2) is 0 Å². The highest BCUT2D eigenvalue weighted by atomic mass is 16.4. The van der Waals surface area contributed by atoms with Gasteiger partial charge < -0.3 is 10.4 Å². The van der Waals surface area contributed by atoms with E-state index in [1.165, 1.54) is 11.1 Å². The van der Waals surface area contributed by atoms with Crippen LogP contribution in [0.1, 0.15) is 64.0 Å². The first-order valence-corrected chi connectivity index (χ1v) is 8.46. The van der Waals surface area contributed by atoms with Crippen LogP contribution in [0.25, 0.3) is 0 Å². The third-order valence-electron chi connectivity index (χ3n) is 4.31. The van der Waals surface area contributed by atoms with Gasteiger partial charge in [-0.2, -0.15) is 0 Å². The Morgan fingerprint density at radius 1 is 1.13 bits per heavy atom. The van der Waals surface area contributed by atoms with Crippen molar-refractivity contribution in [2.45, 2.75) is 65.3 Å². The maximum absolute atomic E-state index is 11.9. The molecule has 0 spiro atoms. The minimum absolute atomic E-state index is 0.0694. The van der Waals surface area contributed by atoms with Gasteiger partial charge >= 0.3 is 5.97 Å². The smallest absolute Gasteiger partial charge is 0.326 e. The summed E-state index contributed by atoms with van der Waals surface area (Å²) in [5.41, 5.74) is 2.52. The molecular weight excluding hydrogens is 290 g/mol. The van der Waals surface area contributed by atoms with E-state index in [4.69, 9.17) is 0 Å². The number of aryl methyl sites for hydroxylation is 1. The van der Waals surface area contributed by atoms with Crippen LogP contribution in [-0.4, -0.2) is 23.0 Å². The van der Waals surface area contributed by atoms with Crippen LogP contribution >= 0.6 is 0 Å². The fourth-order valence-electron chi connectivity index (χ4n) is 2.45. The minimum atomic E-state index is -0.961. The minimum Gasteiger partial charge on any atom is -0.480 e. The fraction of sp³-hybridized carbons (Fsp3) is 0.579. The molecule has 0 aliphatic carbocycles. The summed E-state index contributed by atoms with van der Waals surface area (Å²) in [7, 11) is 0. The van der Waals surface area contributed by atoms with Crippen molar-refractivity contribution in [3.63, 3.8) is 0 Å². The number of hydrogen-bond donors (Lipinski definition) is 2. The van der Waals surface area contributed by atoms with Crippen LogP contribution in [0.5, 0.6) is 0 Å². The van der Waals surface area contributed by atoms with Crippen molar-refractivity contribution in [3.8, 4) is 0 Å². The molecule has 2 atom stereocenters. The number of amides is 1. The zero-order chi connectivity index (χ0) is 17.4. The number of carbonyl (C=O) groups excluding carboxylic acids is 1. The summed E-state index contributed by atoms with van der Waals surface area (Å²) in [6.45, 7) is 8.09. The summed E-state index contributed by atoms with van der Waals surface area (Å²) >= 11 is 0.